The van der Waals surface area contributed by atoms with E-state index in [1.165, 1.54) is 17.3 Å². The second kappa shape index (κ2) is 4.96. The van der Waals surface area contributed by atoms with Gasteiger partial charge in [0, 0.05) is 12.3 Å². The Bertz CT molecular complexity index is 650. The van der Waals surface area contributed by atoms with Gasteiger partial charge in [0.05, 0.1) is 5.56 Å². The van der Waals surface area contributed by atoms with Gasteiger partial charge in [-0.2, -0.15) is 0 Å². The zero-order valence-electron chi connectivity index (χ0n) is 11.3. The molecule has 1 aliphatic carbocycles. The van der Waals surface area contributed by atoms with Crippen molar-refractivity contribution in [3.05, 3.63) is 53.2 Å². The van der Waals surface area contributed by atoms with Crippen LogP contribution in [0, 0.1) is 5.92 Å². The van der Waals surface area contributed by atoms with Crippen molar-refractivity contribution >= 4 is 5.91 Å². The number of ether oxygens (including phenoxy) is 1. The van der Waals surface area contributed by atoms with Gasteiger partial charge in [0.2, 0.25) is 11.8 Å². The molecule has 3 rings (SSSR count). The third kappa shape index (κ3) is 2.50. The minimum absolute atomic E-state index is 0.375. The Balaban J connectivity index is 1.78. The topological polar surface area (TPSA) is 65.2 Å². The van der Waals surface area contributed by atoms with E-state index >= 15 is 0 Å². The highest BCUT2D eigenvalue weighted by atomic mass is 16.5. The minimum atomic E-state index is -0.490. The first-order valence-electron chi connectivity index (χ1n) is 6.67. The number of pyridine rings is 1. The number of hydrogen-bond acceptors (Lipinski definition) is 3. The number of nitrogens with zero attached hydrogens (tertiary/aromatic N) is 1. The Morgan fingerprint density at radius 1 is 1.25 bits per heavy atom. The largest absolute Gasteiger partial charge is 0.439 e. The van der Waals surface area contributed by atoms with Gasteiger partial charge in [-0.25, -0.2) is 4.98 Å². The summed E-state index contributed by atoms with van der Waals surface area (Å²) in [5, 5.41) is 0. The fraction of sp³-hybridized carbons (Fsp3) is 0.250. The molecule has 0 fully saturated rings. The molecular weight excluding hydrogens is 252 g/mol. The second-order valence-electron chi connectivity index (χ2n) is 5.30. The van der Waals surface area contributed by atoms with Crippen molar-refractivity contribution in [1.82, 2.24) is 4.98 Å². The molecule has 4 heteroatoms. The summed E-state index contributed by atoms with van der Waals surface area (Å²) in [4.78, 5) is 15.1. The van der Waals surface area contributed by atoms with Crippen LogP contribution in [0.5, 0.6) is 11.6 Å². The van der Waals surface area contributed by atoms with Gasteiger partial charge in [-0.15, -0.1) is 0 Å². The van der Waals surface area contributed by atoms with E-state index in [1.807, 2.05) is 6.07 Å². The van der Waals surface area contributed by atoms with Crippen molar-refractivity contribution in [2.45, 2.75) is 19.8 Å². The van der Waals surface area contributed by atoms with Crippen LogP contribution < -0.4 is 10.5 Å². The molecule has 20 heavy (non-hydrogen) atoms. The Kier molecular flexibility index (Phi) is 3.14. The van der Waals surface area contributed by atoms with Crippen LogP contribution in [0.4, 0.5) is 0 Å². The van der Waals surface area contributed by atoms with Crippen molar-refractivity contribution in [2.75, 3.05) is 0 Å². The maximum absolute atomic E-state index is 11.0. The Hall–Kier alpha value is -2.36. The average molecular weight is 268 g/mol. The Morgan fingerprint density at radius 3 is 2.75 bits per heavy atom. The van der Waals surface area contributed by atoms with Crippen molar-refractivity contribution in [3.8, 4) is 11.6 Å². The van der Waals surface area contributed by atoms with E-state index in [0.29, 0.717) is 17.4 Å². The van der Waals surface area contributed by atoms with Gasteiger partial charge >= 0.3 is 0 Å². The molecule has 1 amide bonds. The van der Waals surface area contributed by atoms with Gasteiger partial charge in [-0.05, 0) is 48.1 Å². The number of rotatable bonds is 3. The molecular formula is C16H16N2O2. The summed E-state index contributed by atoms with van der Waals surface area (Å²) in [6.45, 7) is 2.25. The zero-order valence-corrected chi connectivity index (χ0v) is 11.3. The summed E-state index contributed by atoms with van der Waals surface area (Å²) in [5.74, 6) is 1.45. The fourth-order valence-electron chi connectivity index (χ4n) is 2.59. The molecule has 1 heterocycles. The van der Waals surface area contributed by atoms with Crippen LogP contribution >= 0.6 is 0 Å². The molecule has 1 unspecified atom stereocenters. The first kappa shape index (κ1) is 12.7. The van der Waals surface area contributed by atoms with E-state index in [0.717, 1.165) is 18.6 Å². The molecule has 1 atom stereocenters. The minimum Gasteiger partial charge on any atom is -0.439 e. The lowest BCUT2D eigenvalue weighted by Crippen LogP contribution is -2.10. The standard InChI is InChI=1S/C16H16N2O2/c1-10-6-11-2-4-14(8-13(11)7-10)20-15-5-3-12(9-18-15)16(17)19/h2-5,8-10H,6-7H2,1H3,(H2,17,19). The summed E-state index contributed by atoms with van der Waals surface area (Å²) < 4.78 is 5.71. The summed E-state index contributed by atoms with van der Waals surface area (Å²) in [6.07, 6.45) is 3.66. The average Bonchev–Trinajstić information content (AvgIpc) is 2.78. The van der Waals surface area contributed by atoms with Crippen LogP contribution in [-0.2, 0) is 12.8 Å². The number of carbonyl (C=O) groups is 1. The smallest absolute Gasteiger partial charge is 0.250 e. The van der Waals surface area contributed by atoms with E-state index < -0.39 is 5.91 Å². The summed E-state index contributed by atoms with van der Waals surface area (Å²) in [7, 11) is 0. The van der Waals surface area contributed by atoms with Crippen molar-refractivity contribution in [2.24, 2.45) is 11.7 Å². The molecule has 0 bridgehead atoms. The molecule has 0 radical (unpaired) electrons. The molecule has 2 N–H and O–H groups in total. The highest BCUT2D eigenvalue weighted by Crippen LogP contribution is 2.30. The summed E-state index contributed by atoms with van der Waals surface area (Å²) in [5.41, 5.74) is 8.30. The summed E-state index contributed by atoms with van der Waals surface area (Å²) >= 11 is 0. The predicted molar refractivity (Wildman–Crippen MR) is 75.8 cm³/mol. The predicted octanol–water partition coefficient (Wildman–Crippen LogP) is 2.71. The Labute approximate surface area is 117 Å². The van der Waals surface area contributed by atoms with E-state index in [9.17, 15) is 4.79 Å². The zero-order chi connectivity index (χ0) is 14.1. The van der Waals surface area contributed by atoms with Crippen LogP contribution in [0.1, 0.15) is 28.4 Å². The van der Waals surface area contributed by atoms with Crippen LogP contribution in [0.25, 0.3) is 0 Å². The van der Waals surface area contributed by atoms with Crippen molar-refractivity contribution in [1.29, 1.82) is 0 Å². The third-order valence-corrected chi connectivity index (χ3v) is 3.56. The number of aromatic nitrogens is 1. The lowest BCUT2D eigenvalue weighted by Gasteiger charge is -2.07. The summed E-state index contributed by atoms with van der Waals surface area (Å²) in [6, 6.07) is 9.41. The lowest BCUT2D eigenvalue weighted by atomic mass is 10.1. The van der Waals surface area contributed by atoms with E-state index in [-0.39, 0.29) is 0 Å². The first-order chi connectivity index (χ1) is 9.61. The maximum atomic E-state index is 11.0. The molecule has 1 aromatic heterocycles. The van der Waals surface area contributed by atoms with Gasteiger partial charge < -0.3 is 10.5 Å². The van der Waals surface area contributed by atoms with Gasteiger partial charge in [0.15, 0.2) is 0 Å². The number of hydrogen-bond donors (Lipinski definition) is 1. The Morgan fingerprint density at radius 2 is 2.05 bits per heavy atom. The molecule has 0 saturated carbocycles. The van der Waals surface area contributed by atoms with E-state index in [1.54, 1.807) is 12.1 Å². The highest BCUT2D eigenvalue weighted by molar-refractivity contribution is 5.92. The van der Waals surface area contributed by atoms with E-state index in [4.69, 9.17) is 10.5 Å². The molecule has 1 aromatic carbocycles. The second-order valence-corrected chi connectivity index (χ2v) is 5.30. The number of amides is 1. The molecule has 0 spiro atoms. The molecule has 0 saturated heterocycles. The van der Waals surface area contributed by atoms with Crippen molar-refractivity contribution in [3.63, 3.8) is 0 Å². The monoisotopic (exact) mass is 268 g/mol. The SMILES string of the molecule is CC1Cc2ccc(Oc3ccc(C(N)=O)cn3)cc2C1. The normalized spacial score (nSPS) is 16.8. The van der Waals surface area contributed by atoms with Crippen LogP contribution in [0.3, 0.4) is 0 Å². The number of nitrogens with two attached hydrogens (primary N) is 1. The van der Waals surface area contributed by atoms with Gasteiger partial charge in [0.1, 0.15) is 5.75 Å². The van der Waals surface area contributed by atoms with Gasteiger partial charge in [-0.3, -0.25) is 4.79 Å². The van der Waals surface area contributed by atoms with Crippen LogP contribution in [0.2, 0.25) is 0 Å². The van der Waals surface area contributed by atoms with Crippen molar-refractivity contribution < 1.29 is 9.53 Å². The number of benzene rings is 1. The quantitative estimate of drug-likeness (QED) is 0.930. The molecule has 0 aliphatic heterocycles. The van der Waals surface area contributed by atoms with Gasteiger partial charge in [0.25, 0.3) is 0 Å². The number of primary amides is 1. The number of fused-ring (bicyclic) bond motifs is 1. The fourth-order valence-corrected chi connectivity index (χ4v) is 2.59. The molecule has 2 aromatic rings. The van der Waals surface area contributed by atoms with Crippen LogP contribution in [0.15, 0.2) is 36.5 Å². The lowest BCUT2D eigenvalue weighted by molar-refractivity contribution is 0.1000. The molecule has 1 aliphatic rings. The van der Waals surface area contributed by atoms with Gasteiger partial charge in [-0.1, -0.05) is 13.0 Å². The van der Waals surface area contributed by atoms with E-state index in [2.05, 4.69) is 24.0 Å². The molecule has 102 valence electrons. The number of carbonyl (C=O) groups excluding carboxylic acids is 1. The van der Waals surface area contributed by atoms with Crippen LogP contribution in [-0.4, -0.2) is 10.9 Å². The first-order valence-corrected chi connectivity index (χ1v) is 6.67. The maximum Gasteiger partial charge on any atom is 0.250 e. The third-order valence-electron chi connectivity index (χ3n) is 3.56. The molecule has 4 nitrogen and oxygen atoms in total. The highest BCUT2D eigenvalue weighted by Gasteiger charge is 2.18.